The first kappa shape index (κ1) is 24.3. The van der Waals surface area contributed by atoms with Crippen LogP contribution in [0.1, 0.15) is 64.0 Å². The second-order valence-electron chi connectivity index (χ2n) is 9.68. The SMILES string of the molecule is CC1=CC(=NCCCCCCCCCCNc2cc(C)nc3ccccc23)C2C=CC=CC2N1. The van der Waals surface area contributed by atoms with Crippen molar-refractivity contribution in [1.29, 1.82) is 0 Å². The van der Waals surface area contributed by atoms with Crippen molar-refractivity contribution in [2.75, 3.05) is 18.4 Å². The van der Waals surface area contributed by atoms with E-state index in [-0.39, 0.29) is 0 Å². The number of nitrogens with one attached hydrogen (secondary N) is 2. The number of nitrogens with zero attached hydrogens (tertiary/aromatic N) is 2. The summed E-state index contributed by atoms with van der Waals surface area (Å²) in [6, 6.07) is 10.9. The monoisotopic (exact) mass is 456 g/mol. The number of aliphatic imine (C=N–C) groups is 1. The molecule has 1 aliphatic carbocycles. The van der Waals surface area contributed by atoms with E-state index in [0.29, 0.717) is 12.0 Å². The third-order valence-electron chi connectivity index (χ3n) is 6.77. The van der Waals surface area contributed by atoms with Gasteiger partial charge in [0.2, 0.25) is 0 Å². The van der Waals surface area contributed by atoms with E-state index in [2.05, 4.69) is 90.2 Å². The van der Waals surface area contributed by atoms with Crippen LogP contribution < -0.4 is 10.6 Å². The maximum Gasteiger partial charge on any atom is 0.0725 e. The molecule has 0 fully saturated rings. The Hall–Kier alpha value is -2.88. The van der Waals surface area contributed by atoms with Crippen LogP contribution in [-0.4, -0.2) is 29.8 Å². The summed E-state index contributed by atoms with van der Waals surface area (Å²) in [6.45, 7) is 6.19. The highest BCUT2D eigenvalue weighted by Gasteiger charge is 2.26. The van der Waals surface area contributed by atoms with Gasteiger partial charge < -0.3 is 10.6 Å². The lowest BCUT2D eigenvalue weighted by Crippen LogP contribution is -2.41. The highest BCUT2D eigenvalue weighted by molar-refractivity contribution is 6.00. The highest BCUT2D eigenvalue weighted by atomic mass is 15.0. The molecular weight excluding hydrogens is 416 g/mol. The van der Waals surface area contributed by atoms with Gasteiger partial charge in [-0.05, 0) is 44.9 Å². The van der Waals surface area contributed by atoms with Crippen LogP contribution in [-0.2, 0) is 0 Å². The number of benzene rings is 1. The fourth-order valence-corrected chi connectivity index (χ4v) is 4.98. The standard InChI is InChI=1S/C30H40N4/c1-23-21-29(25-15-9-11-17-27(25)33-23)31-19-13-7-5-3-4-6-8-14-20-32-30-22-24(2)34-28-18-12-10-16-26(28)30/h9-12,15-18,21-22,25,27,33H,3-8,13-14,19-20H2,1-2H3,(H,32,34). The summed E-state index contributed by atoms with van der Waals surface area (Å²) in [6.07, 6.45) is 21.4. The number of fused-ring (bicyclic) bond motifs is 2. The maximum atomic E-state index is 4.94. The van der Waals surface area contributed by atoms with Gasteiger partial charge in [0, 0.05) is 47.2 Å². The molecular formula is C30H40N4. The second kappa shape index (κ2) is 12.5. The van der Waals surface area contributed by atoms with Crippen LogP contribution in [0.2, 0.25) is 0 Å². The molecule has 0 bridgehead atoms. The molecule has 0 spiro atoms. The fraction of sp³-hybridized carbons (Fsp3) is 0.467. The zero-order valence-electron chi connectivity index (χ0n) is 20.9. The molecule has 4 heteroatoms. The molecule has 180 valence electrons. The third-order valence-corrected chi connectivity index (χ3v) is 6.77. The van der Waals surface area contributed by atoms with E-state index in [4.69, 9.17) is 4.99 Å². The number of aryl methyl sites for hydroxylation is 1. The van der Waals surface area contributed by atoms with Crippen molar-refractivity contribution in [3.8, 4) is 0 Å². The Balaban J connectivity index is 1.05. The zero-order valence-corrected chi connectivity index (χ0v) is 20.9. The number of unbranched alkanes of at least 4 members (excludes halogenated alkanes) is 7. The summed E-state index contributed by atoms with van der Waals surface area (Å²) in [5.74, 6) is 0.393. The zero-order chi connectivity index (χ0) is 23.6. The quantitative estimate of drug-likeness (QED) is 0.334. The summed E-state index contributed by atoms with van der Waals surface area (Å²) >= 11 is 0. The first-order valence-corrected chi connectivity index (χ1v) is 13.2. The summed E-state index contributed by atoms with van der Waals surface area (Å²) in [5, 5.41) is 8.40. The molecule has 2 aliphatic rings. The Morgan fingerprint density at radius 2 is 1.65 bits per heavy atom. The first-order chi connectivity index (χ1) is 16.7. The van der Waals surface area contributed by atoms with Crippen molar-refractivity contribution in [3.05, 3.63) is 72.1 Å². The lowest BCUT2D eigenvalue weighted by molar-refractivity contribution is 0.571. The van der Waals surface area contributed by atoms with Crippen molar-refractivity contribution in [2.45, 2.75) is 71.3 Å². The molecule has 2 heterocycles. The average molecular weight is 457 g/mol. The summed E-state index contributed by atoms with van der Waals surface area (Å²) in [4.78, 5) is 9.57. The van der Waals surface area contributed by atoms with Gasteiger partial charge in [0.25, 0.3) is 0 Å². The minimum atomic E-state index is 0.372. The van der Waals surface area contributed by atoms with Gasteiger partial charge in [0.05, 0.1) is 11.6 Å². The number of pyridine rings is 1. The van der Waals surface area contributed by atoms with E-state index in [1.165, 1.54) is 73.8 Å². The fourth-order valence-electron chi connectivity index (χ4n) is 4.98. The number of hydrogen-bond acceptors (Lipinski definition) is 4. The number of allylic oxidation sites excluding steroid dienone is 4. The molecule has 0 radical (unpaired) electrons. The van der Waals surface area contributed by atoms with Crippen LogP contribution in [0.15, 0.2) is 71.4 Å². The molecule has 1 aliphatic heterocycles. The summed E-state index contributed by atoms with van der Waals surface area (Å²) < 4.78 is 0. The number of anilines is 1. The predicted octanol–water partition coefficient (Wildman–Crippen LogP) is 7.13. The third kappa shape index (κ3) is 6.82. The van der Waals surface area contributed by atoms with Crippen molar-refractivity contribution in [3.63, 3.8) is 0 Å². The Labute approximate surface area is 205 Å². The van der Waals surface area contributed by atoms with Crippen LogP contribution in [0.4, 0.5) is 5.69 Å². The molecule has 0 saturated heterocycles. The molecule has 1 aromatic heterocycles. The lowest BCUT2D eigenvalue weighted by Gasteiger charge is -2.31. The molecule has 0 saturated carbocycles. The summed E-state index contributed by atoms with van der Waals surface area (Å²) in [5.41, 5.74) is 5.83. The Morgan fingerprint density at radius 1 is 0.912 bits per heavy atom. The maximum absolute atomic E-state index is 4.94. The van der Waals surface area contributed by atoms with Crippen molar-refractivity contribution < 1.29 is 0 Å². The molecule has 2 N–H and O–H groups in total. The Morgan fingerprint density at radius 3 is 2.50 bits per heavy atom. The first-order valence-electron chi connectivity index (χ1n) is 13.2. The van der Waals surface area contributed by atoms with Gasteiger partial charge in [-0.3, -0.25) is 9.98 Å². The van der Waals surface area contributed by atoms with Crippen molar-refractivity contribution >= 4 is 22.3 Å². The van der Waals surface area contributed by atoms with E-state index in [1.54, 1.807) is 0 Å². The van der Waals surface area contributed by atoms with Gasteiger partial charge in [-0.15, -0.1) is 0 Å². The molecule has 34 heavy (non-hydrogen) atoms. The van der Waals surface area contributed by atoms with Crippen LogP contribution in [0.5, 0.6) is 0 Å². The molecule has 4 rings (SSSR count). The molecule has 1 aromatic carbocycles. The average Bonchev–Trinajstić information content (AvgIpc) is 2.84. The topological polar surface area (TPSA) is 49.3 Å². The molecule has 2 atom stereocenters. The van der Waals surface area contributed by atoms with Gasteiger partial charge in [-0.2, -0.15) is 0 Å². The van der Waals surface area contributed by atoms with Gasteiger partial charge in [0.1, 0.15) is 0 Å². The van der Waals surface area contributed by atoms with E-state index >= 15 is 0 Å². The molecule has 0 amide bonds. The highest BCUT2D eigenvalue weighted by Crippen LogP contribution is 2.23. The number of para-hydroxylation sites is 1. The van der Waals surface area contributed by atoms with E-state index in [1.807, 2.05) is 0 Å². The van der Waals surface area contributed by atoms with Gasteiger partial charge >= 0.3 is 0 Å². The van der Waals surface area contributed by atoms with E-state index in [0.717, 1.165) is 24.3 Å². The van der Waals surface area contributed by atoms with E-state index in [9.17, 15) is 0 Å². The minimum absolute atomic E-state index is 0.372. The van der Waals surface area contributed by atoms with Crippen LogP contribution >= 0.6 is 0 Å². The van der Waals surface area contributed by atoms with Gasteiger partial charge in [-0.25, -0.2) is 0 Å². The minimum Gasteiger partial charge on any atom is -0.384 e. The van der Waals surface area contributed by atoms with Crippen molar-refractivity contribution in [2.24, 2.45) is 10.9 Å². The predicted molar refractivity (Wildman–Crippen MR) is 147 cm³/mol. The van der Waals surface area contributed by atoms with Crippen LogP contribution in [0.3, 0.4) is 0 Å². The number of aromatic nitrogens is 1. The van der Waals surface area contributed by atoms with Crippen LogP contribution in [0, 0.1) is 12.8 Å². The van der Waals surface area contributed by atoms with Crippen LogP contribution in [0.25, 0.3) is 10.9 Å². The Kier molecular flexibility index (Phi) is 8.95. The normalized spacial score (nSPS) is 20.3. The number of hydrogen-bond donors (Lipinski definition) is 2. The van der Waals surface area contributed by atoms with E-state index < -0.39 is 0 Å². The van der Waals surface area contributed by atoms with Gasteiger partial charge in [0.15, 0.2) is 0 Å². The second-order valence-corrected chi connectivity index (χ2v) is 9.68. The smallest absolute Gasteiger partial charge is 0.0725 e. The largest absolute Gasteiger partial charge is 0.384 e. The number of rotatable bonds is 12. The molecule has 4 nitrogen and oxygen atoms in total. The Bertz CT molecular complexity index is 1060. The summed E-state index contributed by atoms with van der Waals surface area (Å²) in [7, 11) is 0. The molecule has 2 aromatic rings. The lowest BCUT2D eigenvalue weighted by atomic mass is 9.87. The van der Waals surface area contributed by atoms with Gasteiger partial charge in [-0.1, -0.05) is 81.0 Å². The molecule has 2 unspecified atom stereocenters. The van der Waals surface area contributed by atoms with Crippen molar-refractivity contribution in [1.82, 2.24) is 10.3 Å².